The van der Waals surface area contributed by atoms with Gasteiger partial charge in [0.1, 0.15) is 5.75 Å². The molecule has 12 heteroatoms. The number of amides is 2. The molecule has 3 heterocycles. The van der Waals surface area contributed by atoms with Gasteiger partial charge in [-0.3, -0.25) is 19.2 Å². The van der Waals surface area contributed by atoms with E-state index in [-0.39, 0.29) is 35.4 Å². The number of nitrogens with zero attached hydrogens (tertiary/aromatic N) is 5. The van der Waals surface area contributed by atoms with Crippen molar-refractivity contribution in [3.63, 3.8) is 0 Å². The summed E-state index contributed by atoms with van der Waals surface area (Å²) in [6, 6.07) is 17.1. The van der Waals surface area contributed by atoms with E-state index in [2.05, 4.69) is 20.0 Å². The van der Waals surface area contributed by atoms with Gasteiger partial charge in [-0.15, -0.1) is 10.2 Å². The van der Waals surface area contributed by atoms with Crippen LogP contribution < -0.4 is 14.4 Å². The van der Waals surface area contributed by atoms with Gasteiger partial charge < -0.3 is 4.74 Å². The predicted molar refractivity (Wildman–Crippen MR) is 129 cm³/mol. The number of anilines is 2. The van der Waals surface area contributed by atoms with Crippen molar-refractivity contribution < 1.29 is 22.7 Å². The molecule has 0 aliphatic carbocycles. The second kappa shape index (κ2) is 9.23. The van der Waals surface area contributed by atoms with Crippen molar-refractivity contribution in [3.8, 4) is 17.4 Å². The lowest BCUT2D eigenvalue weighted by Crippen LogP contribution is -2.28. The molecule has 2 amide bonds. The highest BCUT2D eigenvalue weighted by molar-refractivity contribution is 7.92. The third-order valence-corrected chi connectivity index (χ3v) is 6.77. The van der Waals surface area contributed by atoms with Crippen molar-refractivity contribution in [1.29, 1.82) is 0 Å². The third kappa shape index (κ3) is 4.79. The van der Waals surface area contributed by atoms with E-state index in [1.165, 1.54) is 24.3 Å². The van der Waals surface area contributed by atoms with Crippen LogP contribution in [0.1, 0.15) is 18.5 Å². The van der Waals surface area contributed by atoms with E-state index in [0.717, 1.165) is 10.6 Å². The van der Waals surface area contributed by atoms with Crippen LogP contribution >= 0.6 is 0 Å². The number of rotatable bonds is 7. The third-order valence-electron chi connectivity index (χ3n) is 5.37. The van der Waals surface area contributed by atoms with Crippen molar-refractivity contribution in [3.05, 3.63) is 78.6 Å². The van der Waals surface area contributed by atoms with Crippen molar-refractivity contribution in [1.82, 2.24) is 20.0 Å². The molecule has 2 aromatic heterocycles. The zero-order valence-corrected chi connectivity index (χ0v) is 19.8. The summed E-state index contributed by atoms with van der Waals surface area (Å²) in [5.74, 6) is 0.661. The number of aryl methyl sites for hydroxylation is 1. The summed E-state index contributed by atoms with van der Waals surface area (Å²) in [5, 5.41) is 12.4. The molecule has 4 aromatic rings. The largest absolute Gasteiger partial charge is 0.438 e. The summed E-state index contributed by atoms with van der Waals surface area (Å²) < 4.78 is 35.3. The molecule has 0 atom stereocenters. The fraction of sp³-hybridized carbons (Fsp3) is 0.125. The molecule has 0 spiro atoms. The summed E-state index contributed by atoms with van der Waals surface area (Å²) in [7, 11) is -3.89. The molecule has 11 nitrogen and oxygen atoms in total. The Morgan fingerprint density at radius 3 is 2.14 bits per heavy atom. The molecule has 1 aliphatic heterocycles. The minimum atomic E-state index is -3.89. The van der Waals surface area contributed by atoms with Crippen LogP contribution in [0.15, 0.2) is 77.8 Å². The molecule has 0 unspecified atom stereocenters. The molecule has 36 heavy (non-hydrogen) atoms. The van der Waals surface area contributed by atoms with E-state index in [1.54, 1.807) is 47.3 Å². The first-order valence-corrected chi connectivity index (χ1v) is 12.4. The molecule has 0 bridgehead atoms. The summed E-state index contributed by atoms with van der Waals surface area (Å²) in [4.78, 5) is 24.8. The smallest absolute Gasteiger partial charge is 0.261 e. The number of nitrogens with one attached hydrogen (secondary N) is 1. The minimum Gasteiger partial charge on any atom is -0.438 e. The number of benzene rings is 2. The van der Waals surface area contributed by atoms with Gasteiger partial charge in [-0.1, -0.05) is 0 Å². The molecule has 0 saturated carbocycles. The van der Waals surface area contributed by atoms with Gasteiger partial charge in [0.15, 0.2) is 5.82 Å². The summed E-state index contributed by atoms with van der Waals surface area (Å²) >= 11 is 0. The normalized spacial score (nSPS) is 13.8. The summed E-state index contributed by atoms with van der Waals surface area (Å²) in [6.07, 6.45) is 2.09. The van der Waals surface area contributed by atoms with Gasteiger partial charge in [0, 0.05) is 30.8 Å². The molecule has 1 saturated heterocycles. The monoisotopic (exact) mass is 504 g/mol. The quantitative estimate of drug-likeness (QED) is 0.379. The van der Waals surface area contributed by atoms with Crippen LogP contribution in [-0.4, -0.2) is 40.2 Å². The molecule has 1 aliphatic rings. The number of imide groups is 1. The predicted octanol–water partition coefficient (Wildman–Crippen LogP) is 3.22. The lowest BCUT2D eigenvalue weighted by Gasteiger charge is -2.14. The van der Waals surface area contributed by atoms with Crippen LogP contribution in [-0.2, 0) is 19.6 Å². The van der Waals surface area contributed by atoms with Gasteiger partial charge in [0.25, 0.3) is 10.0 Å². The molecule has 0 radical (unpaired) electrons. The highest BCUT2D eigenvalue weighted by atomic mass is 32.2. The van der Waals surface area contributed by atoms with E-state index < -0.39 is 10.0 Å². The van der Waals surface area contributed by atoms with Gasteiger partial charge in [0.2, 0.25) is 17.7 Å². The fourth-order valence-corrected chi connectivity index (χ4v) is 4.66. The van der Waals surface area contributed by atoms with Crippen LogP contribution in [0.2, 0.25) is 0 Å². The SMILES string of the molecule is Cc1ccn(-c2ccc(Oc3ccc(NS(=O)(=O)c4ccc(N5C(=O)CCC5=O)cc4)cc3)nn2)n1. The molecule has 182 valence electrons. The number of ether oxygens (including phenoxy) is 1. The maximum Gasteiger partial charge on any atom is 0.261 e. The summed E-state index contributed by atoms with van der Waals surface area (Å²) in [5.41, 5.74) is 1.53. The first-order chi connectivity index (χ1) is 17.3. The number of carbonyl (C=O) groups is 2. The maximum atomic E-state index is 12.8. The van der Waals surface area contributed by atoms with Crippen LogP contribution in [0.25, 0.3) is 5.82 Å². The first-order valence-electron chi connectivity index (χ1n) is 10.9. The summed E-state index contributed by atoms with van der Waals surface area (Å²) in [6.45, 7) is 1.88. The Labute approximate surface area is 206 Å². The number of aromatic nitrogens is 4. The first kappa shape index (κ1) is 23.2. The van der Waals surface area contributed by atoms with Gasteiger partial charge >= 0.3 is 0 Å². The van der Waals surface area contributed by atoms with Crippen molar-refractivity contribution in [2.24, 2.45) is 0 Å². The van der Waals surface area contributed by atoms with Crippen molar-refractivity contribution >= 4 is 33.2 Å². The second-order valence-electron chi connectivity index (χ2n) is 7.98. The number of hydrogen-bond acceptors (Lipinski definition) is 8. The van der Waals surface area contributed by atoms with E-state index >= 15 is 0 Å². The van der Waals surface area contributed by atoms with Crippen molar-refractivity contribution in [2.45, 2.75) is 24.7 Å². The highest BCUT2D eigenvalue weighted by Gasteiger charge is 2.30. The molecule has 1 fully saturated rings. The van der Waals surface area contributed by atoms with Crippen molar-refractivity contribution in [2.75, 3.05) is 9.62 Å². The van der Waals surface area contributed by atoms with Crippen LogP contribution in [0.5, 0.6) is 11.6 Å². The van der Waals surface area contributed by atoms with Crippen LogP contribution in [0, 0.1) is 6.92 Å². The van der Waals surface area contributed by atoms with E-state index in [0.29, 0.717) is 22.9 Å². The van der Waals surface area contributed by atoms with E-state index in [1.807, 2.05) is 13.0 Å². The average molecular weight is 505 g/mol. The minimum absolute atomic E-state index is 0.00610. The number of carbonyl (C=O) groups excluding carboxylic acids is 2. The molecule has 5 rings (SSSR count). The van der Waals surface area contributed by atoms with Crippen LogP contribution in [0.4, 0.5) is 11.4 Å². The van der Waals surface area contributed by atoms with Gasteiger partial charge in [-0.25, -0.2) is 13.1 Å². The van der Waals surface area contributed by atoms with Gasteiger partial charge in [0.05, 0.1) is 16.3 Å². The van der Waals surface area contributed by atoms with Crippen LogP contribution in [0.3, 0.4) is 0 Å². The Morgan fingerprint density at radius 1 is 0.861 bits per heavy atom. The molecular formula is C24H20N6O5S. The number of hydrogen-bond donors (Lipinski definition) is 1. The molecule has 2 aromatic carbocycles. The fourth-order valence-electron chi connectivity index (χ4n) is 3.60. The Morgan fingerprint density at radius 2 is 1.56 bits per heavy atom. The van der Waals surface area contributed by atoms with Gasteiger partial charge in [-0.05, 0) is 67.6 Å². The van der Waals surface area contributed by atoms with E-state index in [4.69, 9.17) is 4.74 Å². The van der Waals surface area contributed by atoms with E-state index in [9.17, 15) is 18.0 Å². The number of sulfonamides is 1. The highest BCUT2D eigenvalue weighted by Crippen LogP contribution is 2.26. The van der Waals surface area contributed by atoms with Gasteiger partial charge in [-0.2, -0.15) is 5.10 Å². The lowest BCUT2D eigenvalue weighted by atomic mass is 10.3. The maximum absolute atomic E-state index is 12.8. The molecular weight excluding hydrogens is 484 g/mol. The average Bonchev–Trinajstić information content (AvgIpc) is 3.45. The zero-order valence-electron chi connectivity index (χ0n) is 19.0. The Kier molecular flexibility index (Phi) is 5.94. The topological polar surface area (TPSA) is 136 Å². The Hall–Kier alpha value is -4.58. The Bertz CT molecular complexity index is 1520. The standard InChI is InChI=1S/C24H20N6O5S/c1-16-14-15-29(27-16)21-10-11-22(26-25-21)35-19-6-2-17(3-7-19)28-36(33,34)20-8-4-18(5-9-20)30-23(31)12-13-24(30)32/h2-11,14-15,28H,12-13H2,1H3. The zero-order chi connectivity index (χ0) is 25.3. The molecule has 1 N–H and O–H groups in total. The Balaban J connectivity index is 1.23. The lowest BCUT2D eigenvalue weighted by molar-refractivity contribution is -0.121. The second-order valence-corrected chi connectivity index (χ2v) is 9.66.